The molecule has 0 unspecified atom stereocenters. The highest BCUT2D eigenvalue weighted by atomic mass is 19.2. The number of hydrogen-bond donors (Lipinski definition) is 0. The fraction of sp³-hybridized carbons (Fsp3) is 0.154. The van der Waals surface area contributed by atoms with Crippen molar-refractivity contribution < 1.29 is 80.0 Å². The molecule has 738 valence electrons. The van der Waals surface area contributed by atoms with Crippen molar-refractivity contribution in [3.63, 3.8) is 0 Å². The Morgan fingerprint density at radius 2 is 0.470 bits per heavy atom. The van der Waals surface area contributed by atoms with E-state index in [-0.39, 0.29) is 35.0 Å². The number of rotatable bonds is 12. The van der Waals surface area contributed by atoms with Crippen molar-refractivity contribution in [3.05, 3.63) is 424 Å². The van der Waals surface area contributed by atoms with Crippen molar-refractivity contribution in [1.82, 2.24) is 0 Å². The largest absolute Gasteiger partial charge is 0.455 e. The van der Waals surface area contributed by atoms with Crippen LogP contribution in [0.3, 0.4) is 0 Å². The summed E-state index contributed by atoms with van der Waals surface area (Å²) in [5.74, 6) is -1.94. The standard InChI is InChI=1S/C28H24F2NO.C26H20F2NO.C26H18FN2O.C25H18F2NO.C25H27FNO/c1-16(2)19-13-14-31(4)24(15-19)25-17(3)5-10-21-22-11-12-23(30)26(28(22)32-27(21)25)18-6-8-20(29)9-7-18;1-15-12-13-29(3)22(14-15)23-16(2)4-9-19-20-10-11-21(28)24(26(20)30-25(19)23)17-5-7-18(27)8-6-17;1-16-6-11-19-20-12-13-21(27)24(18-9-7-17(15-28)8-10-18)26(20)30-25(19)23(16)22-5-3-4-14-29(22)2;1-15-6-11-18-19-12-13-20(27)23(16-7-9-17(26)10-8-16)25(19)29-24(18)22(15)21-5-3-4-14-28(21)2;1-14(2)17-11-12-27(6)21(13-17)23-16(5)7-8-18-19-9-10-20(26)22(15(3)4)24(19)28-25(18)23/h5-16H,1-4H3;4-14H,1-3H3;3-14H,1-2H3;3-14H,1-2H3;7-15H,1-6H3/q5*+1. The van der Waals surface area contributed by atoms with Crippen LogP contribution in [0.5, 0.6) is 0 Å². The van der Waals surface area contributed by atoms with Crippen LogP contribution in [0, 0.1) is 99.4 Å². The van der Waals surface area contributed by atoms with Crippen molar-refractivity contribution in [2.24, 2.45) is 35.2 Å². The van der Waals surface area contributed by atoms with Crippen LogP contribution in [0.15, 0.2) is 344 Å². The van der Waals surface area contributed by atoms with Crippen molar-refractivity contribution in [2.45, 2.75) is 101 Å². The number of halogens is 8. The topological polar surface area (TPSA) is 109 Å². The fourth-order valence-corrected chi connectivity index (χ4v) is 20.6. The minimum Gasteiger partial charge on any atom is -0.455 e. The van der Waals surface area contributed by atoms with Gasteiger partial charge in [0.25, 0.3) is 0 Å². The van der Waals surface area contributed by atoms with Crippen LogP contribution >= 0.6 is 0 Å². The molecular formula is C130H107F8N6O5+5. The predicted octanol–water partition coefficient (Wildman–Crippen LogP) is 33.3. The van der Waals surface area contributed by atoms with Crippen molar-refractivity contribution >= 4 is 110 Å². The monoisotopic (exact) mass is 1980 g/mol. The zero-order valence-corrected chi connectivity index (χ0v) is 85.6. The second-order valence-corrected chi connectivity index (χ2v) is 39.4. The van der Waals surface area contributed by atoms with Crippen molar-refractivity contribution in [2.75, 3.05) is 0 Å². The second-order valence-electron chi connectivity index (χ2n) is 39.4. The summed E-state index contributed by atoms with van der Waals surface area (Å²) in [6.07, 6.45) is 10.2. The van der Waals surface area contributed by atoms with Gasteiger partial charge in [0.1, 0.15) is 138 Å². The number of nitrogens with zero attached hydrogens (tertiary/aromatic N) is 6. The smallest absolute Gasteiger partial charge is 0.216 e. The summed E-state index contributed by atoms with van der Waals surface area (Å²) in [6.45, 7) is 25.1. The molecule has 0 spiro atoms. The van der Waals surface area contributed by atoms with Gasteiger partial charge in [0.2, 0.25) is 28.5 Å². The lowest BCUT2D eigenvalue weighted by atomic mass is 9.96. The minimum absolute atomic E-state index is 0.0502. The molecule has 0 aliphatic rings. The molecule has 0 saturated carbocycles. The van der Waals surface area contributed by atoms with Gasteiger partial charge in [-0.15, -0.1) is 0 Å². The van der Waals surface area contributed by atoms with E-state index in [1.54, 1.807) is 91.0 Å². The third-order valence-electron chi connectivity index (χ3n) is 28.5. The van der Waals surface area contributed by atoms with Gasteiger partial charge in [-0.1, -0.05) is 151 Å². The first-order chi connectivity index (χ1) is 71.7. The summed E-state index contributed by atoms with van der Waals surface area (Å²) < 4.78 is 157. The molecule has 24 aromatic rings. The van der Waals surface area contributed by atoms with Crippen LogP contribution in [0.25, 0.3) is 210 Å². The van der Waals surface area contributed by atoms with E-state index in [4.69, 9.17) is 27.3 Å². The maximum absolute atomic E-state index is 15.0. The molecule has 14 aromatic carbocycles. The van der Waals surface area contributed by atoms with Gasteiger partial charge in [-0.2, -0.15) is 5.26 Å². The Morgan fingerprint density at radius 1 is 0.228 bits per heavy atom. The number of aryl methyl sites for hydroxylation is 11. The number of pyridine rings is 5. The van der Waals surface area contributed by atoms with Crippen molar-refractivity contribution in [1.29, 1.82) is 5.26 Å². The van der Waals surface area contributed by atoms with Gasteiger partial charge in [-0.25, -0.2) is 58.0 Å². The molecule has 19 heteroatoms. The van der Waals surface area contributed by atoms with Gasteiger partial charge in [0, 0.05) is 120 Å². The third-order valence-corrected chi connectivity index (χ3v) is 28.5. The quantitative estimate of drug-likeness (QED) is 0.0890. The van der Waals surface area contributed by atoms with E-state index >= 15 is 0 Å². The molecule has 11 nitrogen and oxygen atoms in total. The summed E-state index contributed by atoms with van der Waals surface area (Å²) in [6, 6.07) is 88.2. The first-order valence-electron chi connectivity index (χ1n) is 49.6. The Hall–Kier alpha value is -17.2. The summed E-state index contributed by atoms with van der Waals surface area (Å²) in [4.78, 5) is 0. The van der Waals surface area contributed by atoms with Crippen LogP contribution in [0.4, 0.5) is 35.1 Å². The average molecular weight is 1990 g/mol. The number of hydrogen-bond acceptors (Lipinski definition) is 6. The molecule has 0 amide bonds. The predicted molar refractivity (Wildman–Crippen MR) is 578 cm³/mol. The third kappa shape index (κ3) is 18.3. The van der Waals surface area contributed by atoms with Crippen LogP contribution in [-0.2, 0) is 35.2 Å². The van der Waals surface area contributed by atoms with Crippen LogP contribution in [-0.4, -0.2) is 0 Å². The Balaban J connectivity index is 0.000000113. The lowest BCUT2D eigenvalue weighted by Gasteiger charge is -2.09. The second kappa shape index (κ2) is 40.3. The molecule has 0 bridgehead atoms. The van der Waals surface area contributed by atoms with Crippen LogP contribution < -0.4 is 22.8 Å². The molecule has 10 aromatic heterocycles. The lowest BCUT2D eigenvalue weighted by molar-refractivity contribution is -0.660. The lowest BCUT2D eigenvalue weighted by Crippen LogP contribution is -2.31. The van der Waals surface area contributed by atoms with Crippen LogP contribution in [0.1, 0.15) is 115 Å². The highest BCUT2D eigenvalue weighted by molar-refractivity contribution is 6.18. The molecule has 0 aliphatic carbocycles. The van der Waals surface area contributed by atoms with Crippen molar-refractivity contribution in [3.8, 4) is 107 Å². The highest BCUT2D eigenvalue weighted by Gasteiger charge is 2.32. The van der Waals surface area contributed by atoms with E-state index in [0.29, 0.717) is 95.4 Å². The zero-order valence-electron chi connectivity index (χ0n) is 85.6. The average Bonchev–Trinajstić information content (AvgIpc) is 1.59. The summed E-state index contributed by atoms with van der Waals surface area (Å²) >= 11 is 0. The SMILES string of the molecule is Cc1cc[n+](C)c(-c2c(C)ccc3c2oc2c(-c4ccc(F)cc4)c(F)ccc23)c1.Cc1ccc2c(oc3c(-c4ccc(C#N)cc4)c(F)ccc32)c1-c1cccc[n+]1C.Cc1ccc2c(oc3c(-c4ccc(F)cc4)c(F)ccc32)c1-c1cc(C(C)C)cc[n+]1C.Cc1ccc2c(oc3c(-c4ccc(F)cc4)c(F)ccc32)c1-c1cccc[n+]1C.Cc1ccc2c(oc3c(C(C)C)c(F)ccc32)c1-c1cc(C(C)C)cc[n+]1C. The Kier molecular flexibility index (Phi) is 26.8. The van der Waals surface area contributed by atoms with Gasteiger partial charge in [-0.3, -0.25) is 0 Å². The number of furan rings is 5. The first-order valence-corrected chi connectivity index (χ1v) is 49.6. The molecule has 0 fully saturated rings. The number of aromatic nitrogens is 5. The molecular weight excluding hydrogens is 1880 g/mol. The maximum Gasteiger partial charge on any atom is 0.216 e. The molecule has 0 aliphatic heterocycles. The molecule has 0 N–H and O–H groups in total. The molecule has 0 atom stereocenters. The van der Waals surface area contributed by atoms with Gasteiger partial charge in [-0.05, 0) is 247 Å². The Bertz CT molecular complexity index is 9490. The Labute approximate surface area is 857 Å². The zero-order chi connectivity index (χ0) is 105. The fourth-order valence-electron chi connectivity index (χ4n) is 20.6. The van der Waals surface area contributed by atoms with E-state index < -0.39 is 17.5 Å². The molecule has 10 heterocycles. The van der Waals surface area contributed by atoms with E-state index in [1.165, 1.54) is 71.8 Å². The van der Waals surface area contributed by atoms with Gasteiger partial charge >= 0.3 is 0 Å². The maximum atomic E-state index is 15.0. The molecule has 149 heavy (non-hydrogen) atoms. The molecule has 0 radical (unpaired) electrons. The highest BCUT2D eigenvalue weighted by Crippen LogP contribution is 2.50. The van der Waals surface area contributed by atoms with E-state index in [0.717, 1.165) is 171 Å². The molecule has 24 rings (SSSR count). The van der Waals surface area contributed by atoms with E-state index in [9.17, 15) is 35.1 Å². The number of fused-ring (bicyclic) bond motifs is 15. The summed E-state index contributed by atoms with van der Waals surface area (Å²) in [7, 11) is 10.1. The van der Waals surface area contributed by atoms with Crippen LogP contribution in [0.2, 0.25) is 0 Å². The summed E-state index contributed by atoms with van der Waals surface area (Å²) in [5, 5.41) is 18.2. The normalized spacial score (nSPS) is 11.6. The summed E-state index contributed by atoms with van der Waals surface area (Å²) in [5.41, 5.74) is 30.8. The van der Waals surface area contributed by atoms with Gasteiger partial charge in [0.05, 0.1) is 61.7 Å². The minimum atomic E-state index is -0.397. The van der Waals surface area contributed by atoms with Gasteiger partial charge < -0.3 is 22.1 Å². The van der Waals surface area contributed by atoms with E-state index in [2.05, 4.69) is 178 Å². The first kappa shape index (κ1) is 99.1. The van der Waals surface area contributed by atoms with E-state index in [1.807, 2.05) is 140 Å². The molecule has 0 saturated heterocycles. The van der Waals surface area contributed by atoms with Gasteiger partial charge in [0.15, 0.2) is 31.0 Å². The number of nitriles is 1. The number of benzene rings is 14. The Morgan fingerprint density at radius 3 is 0.752 bits per heavy atom.